The van der Waals surface area contributed by atoms with Crippen molar-refractivity contribution in [2.45, 2.75) is 68.7 Å². The SMILES string of the molecule is CC(C)N1CCN(c2ccc(C(=O)N3CCN(C(=O)COc4ccc(C56CC7CC(CC(C7)C5)C6)cc4)CC3)cc2NS(=O)(=O)c2ccc3ccccc3c2)CC1. The fourth-order valence-electron chi connectivity index (χ4n) is 11.0. The summed E-state index contributed by atoms with van der Waals surface area (Å²) in [7, 11) is -3.98. The molecule has 10 rings (SSSR count). The molecule has 57 heavy (non-hydrogen) atoms. The third kappa shape index (κ3) is 7.72. The standard InChI is InChI=1S/C46H55N5O5S/c1-32(2)48-15-17-49(18-16-48)43-14-8-38(27-42(43)47-57(54,55)41-13-7-36-5-3-4-6-37(36)26-41)45(53)51-21-19-50(20-22-51)44(52)31-56-40-11-9-39(10-12-40)46-28-33-23-34(29-46)25-35(24-33)30-46/h3-14,26-27,32-35,47H,15-25,28-31H2,1-2H3. The molecular weight excluding hydrogens is 735 g/mol. The van der Waals surface area contributed by atoms with Gasteiger partial charge in [0.05, 0.1) is 16.3 Å². The minimum Gasteiger partial charge on any atom is -0.484 e. The summed E-state index contributed by atoms with van der Waals surface area (Å²) >= 11 is 0. The first kappa shape index (κ1) is 37.9. The molecule has 10 nitrogen and oxygen atoms in total. The highest BCUT2D eigenvalue weighted by Crippen LogP contribution is 2.60. The molecule has 6 aliphatic rings. The molecule has 0 radical (unpaired) electrons. The summed E-state index contributed by atoms with van der Waals surface area (Å²) in [4.78, 5) is 35.5. The van der Waals surface area contributed by atoms with Crippen LogP contribution in [0.3, 0.4) is 0 Å². The molecule has 0 atom stereocenters. The van der Waals surface area contributed by atoms with Gasteiger partial charge < -0.3 is 19.4 Å². The molecule has 4 aliphatic carbocycles. The third-order valence-electron chi connectivity index (χ3n) is 13.7. The van der Waals surface area contributed by atoms with E-state index in [2.05, 4.69) is 40.5 Å². The van der Waals surface area contributed by atoms with E-state index in [-0.39, 0.29) is 23.3 Å². The Bertz CT molecular complexity index is 2210. The van der Waals surface area contributed by atoms with Crippen molar-refractivity contribution in [1.82, 2.24) is 14.7 Å². The van der Waals surface area contributed by atoms with Crippen LogP contribution in [0.4, 0.5) is 11.4 Å². The summed E-state index contributed by atoms with van der Waals surface area (Å²) < 4.78 is 36.6. The topological polar surface area (TPSA) is 102 Å². The maximum absolute atomic E-state index is 14.0. The van der Waals surface area contributed by atoms with Crippen molar-refractivity contribution in [3.05, 3.63) is 96.1 Å². The first-order chi connectivity index (χ1) is 27.5. The molecule has 0 unspecified atom stereocenters. The van der Waals surface area contributed by atoms with Gasteiger partial charge in [-0.25, -0.2) is 8.42 Å². The summed E-state index contributed by atoms with van der Waals surface area (Å²) in [5.74, 6) is 3.09. The Balaban J connectivity index is 0.842. The number of carbonyl (C=O) groups is 2. The Morgan fingerprint density at radius 3 is 2.02 bits per heavy atom. The molecule has 300 valence electrons. The second kappa shape index (κ2) is 15.3. The lowest BCUT2D eigenvalue weighted by Gasteiger charge is -2.57. The number of carbonyl (C=O) groups excluding carboxylic acids is 2. The normalized spacial score (nSPS) is 25.0. The number of rotatable bonds is 10. The lowest BCUT2D eigenvalue weighted by atomic mass is 9.48. The second-order valence-corrected chi connectivity index (χ2v) is 19.3. The molecule has 11 heteroatoms. The van der Waals surface area contributed by atoms with E-state index in [0.29, 0.717) is 54.6 Å². The van der Waals surface area contributed by atoms with Gasteiger partial charge >= 0.3 is 0 Å². The number of hydrogen-bond donors (Lipinski definition) is 1. The van der Waals surface area contributed by atoms with Gasteiger partial charge in [0.25, 0.3) is 21.8 Å². The molecule has 4 aromatic rings. The van der Waals surface area contributed by atoms with Crippen LogP contribution < -0.4 is 14.4 Å². The van der Waals surface area contributed by atoms with Crippen LogP contribution in [0.15, 0.2) is 89.8 Å². The molecule has 1 N–H and O–H groups in total. The van der Waals surface area contributed by atoms with Crippen molar-refractivity contribution in [3.63, 3.8) is 0 Å². The molecule has 0 spiro atoms. The van der Waals surface area contributed by atoms with Crippen LogP contribution in [0, 0.1) is 17.8 Å². The largest absolute Gasteiger partial charge is 0.484 e. The zero-order chi connectivity index (χ0) is 39.3. The van der Waals surface area contributed by atoms with Crippen molar-refractivity contribution < 1.29 is 22.7 Å². The number of hydrogen-bond acceptors (Lipinski definition) is 7. The molecule has 4 aromatic carbocycles. The Morgan fingerprint density at radius 1 is 0.737 bits per heavy atom. The van der Waals surface area contributed by atoms with E-state index < -0.39 is 10.0 Å². The summed E-state index contributed by atoms with van der Waals surface area (Å²) in [6.45, 7) is 9.08. The quantitative estimate of drug-likeness (QED) is 0.185. The predicted molar refractivity (Wildman–Crippen MR) is 224 cm³/mol. The van der Waals surface area contributed by atoms with Crippen LogP contribution in [-0.4, -0.2) is 99.9 Å². The summed E-state index contributed by atoms with van der Waals surface area (Å²) in [5, 5.41) is 1.79. The van der Waals surface area contributed by atoms with E-state index in [1.54, 1.807) is 34.1 Å². The van der Waals surface area contributed by atoms with Gasteiger partial charge in [0.15, 0.2) is 6.61 Å². The molecule has 6 fully saturated rings. The Morgan fingerprint density at radius 2 is 1.37 bits per heavy atom. The van der Waals surface area contributed by atoms with Crippen LogP contribution >= 0.6 is 0 Å². The highest BCUT2D eigenvalue weighted by molar-refractivity contribution is 7.92. The van der Waals surface area contributed by atoms with Gasteiger partial charge in [-0.15, -0.1) is 0 Å². The van der Waals surface area contributed by atoms with Gasteiger partial charge in [-0.05, 0) is 134 Å². The number of piperazine rings is 2. The minimum absolute atomic E-state index is 0.0434. The summed E-state index contributed by atoms with van der Waals surface area (Å²) in [6, 6.07) is 27.1. The molecule has 2 heterocycles. The fraction of sp³-hybridized carbons (Fsp3) is 0.478. The van der Waals surface area contributed by atoms with Crippen molar-refractivity contribution in [3.8, 4) is 5.75 Å². The van der Waals surface area contributed by atoms with Crippen LogP contribution in [-0.2, 0) is 20.2 Å². The number of nitrogens with one attached hydrogen (secondary N) is 1. The number of nitrogens with zero attached hydrogens (tertiary/aromatic N) is 4. The number of anilines is 2. The van der Waals surface area contributed by atoms with Crippen LogP contribution in [0.2, 0.25) is 0 Å². The van der Waals surface area contributed by atoms with Crippen LogP contribution in [0.25, 0.3) is 10.8 Å². The average Bonchev–Trinajstić information content (AvgIpc) is 3.22. The van der Waals surface area contributed by atoms with Crippen molar-refractivity contribution >= 4 is 44.0 Å². The van der Waals surface area contributed by atoms with Crippen molar-refractivity contribution in [1.29, 1.82) is 0 Å². The van der Waals surface area contributed by atoms with Gasteiger partial charge in [-0.1, -0.05) is 42.5 Å². The Kier molecular flexibility index (Phi) is 10.2. The number of ether oxygens (including phenoxy) is 1. The van der Waals surface area contributed by atoms with E-state index in [1.165, 1.54) is 44.1 Å². The van der Waals surface area contributed by atoms with Crippen LogP contribution in [0.1, 0.15) is 68.3 Å². The zero-order valence-electron chi connectivity index (χ0n) is 33.2. The highest BCUT2D eigenvalue weighted by atomic mass is 32.2. The van der Waals surface area contributed by atoms with E-state index in [0.717, 1.165) is 60.4 Å². The lowest BCUT2D eigenvalue weighted by Crippen LogP contribution is -2.51. The van der Waals surface area contributed by atoms with E-state index in [4.69, 9.17) is 4.74 Å². The van der Waals surface area contributed by atoms with Gasteiger partial charge in [-0.3, -0.25) is 19.2 Å². The lowest BCUT2D eigenvalue weighted by molar-refractivity contribution is -0.134. The first-order valence-corrected chi connectivity index (χ1v) is 22.5. The maximum atomic E-state index is 14.0. The van der Waals surface area contributed by atoms with Gasteiger partial charge in [0.2, 0.25) is 0 Å². The summed E-state index contributed by atoms with van der Waals surface area (Å²) in [6.07, 6.45) is 8.23. The zero-order valence-corrected chi connectivity index (χ0v) is 34.1. The maximum Gasteiger partial charge on any atom is 0.261 e. The second-order valence-electron chi connectivity index (χ2n) is 17.6. The Hall–Kier alpha value is -4.61. The number of benzene rings is 4. The number of fused-ring (bicyclic) bond motifs is 1. The molecule has 4 saturated carbocycles. The highest BCUT2D eigenvalue weighted by Gasteiger charge is 2.51. The monoisotopic (exact) mass is 789 g/mol. The van der Waals surface area contributed by atoms with E-state index in [1.807, 2.05) is 48.5 Å². The summed E-state index contributed by atoms with van der Waals surface area (Å²) in [5.41, 5.74) is 3.30. The first-order valence-electron chi connectivity index (χ1n) is 21.0. The molecule has 0 aromatic heterocycles. The molecule has 2 amide bonds. The number of amides is 2. The third-order valence-corrected chi connectivity index (χ3v) is 15.1. The van der Waals surface area contributed by atoms with Crippen molar-refractivity contribution in [2.24, 2.45) is 17.8 Å². The van der Waals surface area contributed by atoms with E-state index >= 15 is 0 Å². The van der Waals surface area contributed by atoms with Crippen molar-refractivity contribution in [2.75, 3.05) is 68.6 Å². The van der Waals surface area contributed by atoms with Crippen LogP contribution in [0.5, 0.6) is 5.75 Å². The molecule has 2 aliphatic heterocycles. The average molecular weight is 790 g/mol. The minimum atomic E-state index is -3.98. The Labute approximate surface area is 337 Å². The number of sulfonamides is 1. The molecule has 4 bridgehead atoms. The molecule has 2 saturated heterocycles. The molecular formula is C46H55N5O5S. The van der Waals surface area contributed by atoms with Gasteiger partial charge in [0, 0.05) is 64.0 Å². The smallest absolute Gasteiger partial charge is 0.261 e. The van der Waals surface area contributed by atoms with E-state index in [9.17, 15) is 18.0 Å². The fourth-order valence-corrected chi connectivity index (χ4v) is 12.1. The van der Waals surface area contributed by atoms with Gasteiger partial charge in [-0.2, -0.15) is 0 Å². The predicted octanol–water partition coefficient (Wildman–Crippen LogP) is 7.00. The van der Waals surface area contributed by atoms with Gasteiger partial charge in [0.1, 0.15) is 5.75 Å².